The van der Waals surface area contributed by atoms with Crippen LogP contribution >= 0.6 is 0 Å². The first-order valence-electron chi connectivity index (χ1n) is 4.80. The van der Waals surface area contributed by atoms with E-state index in [1.807, 2.05) is 0 Å². The lowest BCUT2D eigenvalue weighted by atomic mass is 10.3. The Labute approximate surface area is 103 Å². The summed E-state index contributed by atoms with van der Waals surface area (Å²) < 4.78 is 27.1. The summed E-state index contributed by atoms with van der Waals surface area (Å²) in [5.74, 6) is -2.41. The van der Waals surface area contributed by atoms with Crippen molar-refractivity contribution in [3.63, 3.8) is 0 Å². The smallest absolute Gasteiger partial charge is 0.325 e. The van der Waals surface area contributed by atoms with Crippen LogP contribution in [0.1, 0.15) is 23.2 Å². The van der Waals surface area contributed by atoms with E-state index in [1.165, 1.54) is 13.8 Å². The maximum atomic E-state index is 11.5. The van der Waals surface area contributed by atoms with Gasteiger partial charge in [0.05, 0.1) is 0 Å². The molecule has 1 aromatic heterocycles. The molecule has 0 radical (unpaired) electrons. The van der Waals surface area contributed by atoms with Crippen LogP contribution in [-0.2, 0) is 14.8 Å². The molecular formula is C9H12N2O6S. The molecule has 0 saturated carbocycles. The number of aryl methyl sites for hydroxylation is 1. The fraction of sp³-hybridized carbons (Fsp3) is 0.333. The lowest BCUT2D eigenvalue weighted by Crippen LogP contribution is -2.38. The second-order valence-electron chi connectivity index (χ2n) is 3.61. The Morgan fingerprint density at radius 2 is 2.06 bits per heavy atom. The Morgan fingerprint density at radius 3 is 2.44 bits per heavy atom. The highest BCUT2D eigenvalue weighted by Gasteiger charge is 2.23. The molecule has 1 unspecified atom stereocenters. The molecule has 1 aromatic rings. The van der Waals surface area contributed by atoms with E-state index in [0.717, 1.165) is 6.07 Å². The van der Waals surface area contributed by atoms with Gasteiger partial charge in [0.25, 0.3) is 5.91 Å². The maximum Gasteiger partial charge on any atom is 0.325 e. The number of carboxylic acid groups (broad SMARTS) is 1. The van der Waals surface area contributed by atoms with E-state index in [4.69, 9.17) is 14.7 Å². The number of aliphatic carboxylic acids is 1. The van der Waals surface area contributed by atoms with E-state index >= 15 is 0 Å². The molecule has 1 amide bonds. The minimum Gasteiger partial charge on any atom is -0.480 e. The van der Waals surface area contributed by atoms with Crippen molar-refractivity contribution in [3.8, 4) is 0 Å². The molecule has 0 saturated heterocycles. The summed E-state index contributed by atoms with van der Waals surface area (Å²) in [5, 5.41) is 15.6. The van der Waals surface area contributed by atoms with Crippen LogP contribution < -0.4 is 10.5 Å². The SMILES string of the molecule is Cc1oc(C(=O)NC(C)C(=O)O)cc1S(N)(=O)=O. The van der Waals surface area contributed by atoms with Crippen LogP contribution in [0.2, 0.25) is 0 Å². The first-order chi connectivity index (χ1) is 8.12. The molecule has 0 aliphatic carbocycles. The highest BCUT2D eigenvalue weighted by molar-refractivity contribution is 7.89. The minimum atomic E-state index is -3.98. The number of nitrogens with one attached hydrogen (secondary N) is 1. The minimum absolute atomic E-state index is 0.0365. The quantitative estimate of drug-likeness (QED) is 0.673. The Kier molecular flexibility index (Phi) is 3.77. The number of furan rings is 1. The average molecular weight is 276 g/mol. The molecule has 0 aliphatic rings. The van der Waals surface area contributed by atoms with Crippen LogP contribution in [0.25, 0.3) is 0 Å². The Morgan fingerprint density at radius 1 is 1.50 bits per heavy atom. The van der Waals surface area contributed by atoms with Gasteiger partial charge in [-0.3, -0.25) is 9.59 Å². The van der Waals surface area contributed by atoms with E-state index in [0.29, 0.717) is 0 Å². The number of carbonyl (C=O) groups excluding carboxylic acids is 1. The molecular weight excluding hydrogens is 264 g/mol. The second kappa shape index (κ2) is 4.78. The zero-order chi connectivity index (χ0) is 14.1. The first kappa shape index (κ1) is 14.2. The molecule has 0 aliphatic heterocycles. The van der Waals surface area contributed by atoms with Crippen molar-refractivity contribution in [1.82, 2.24) is 5.32 Å². The van der Waals surface area contributed by atoms with Crippen molar-refractivity contribution in [1.29, 1.82) is 0 Å². The van der Waals surface area contributed by atoms with E-state index in [9.17, 15) is 18.0 Å². The van der Waals surface area contributed by atoms with Crippen molar-refractivity contribution in [2.24, 2.45) is 5.14 Å². The third-order valence-corrected chi connectivity index (χ3v) is 3.14. The van der Waals surface area contributed by atoms with Gasteiger partial charge in [-0.1, -0.05) is 0 Å². The molecule has 18 heavy (non-hydrogen) atoms. The number of rotatable bonds is 4. The summed E-state index contributed by atoms with van der Waals surface area (Å²) in [6, 6.07) is -0.171. The van der Waals surface area contributed by atoms with Crippen LogP contribution in [0.3, 0.4) is 0 Å². The molecule has 0 bridgehead atoms. The summed E-state index contributed by atoms with van der Waals surface area (Å²) in [6.07, 6.45) is 0. The summed E-state index contributed by atoms with van der Waals surface area (Å²) in [5.41, 5.74) is 0. The van der Waals surface area contributed by atoms with Gasteiger partial charge in [0.15, 0.2) is 5.76 Å². The number of primary sulfonamides is 1. The predicted molar refractivity (Wildman–Crippen MR) is 59.4 cm³/mol. The lowest BCUT2D eigenvalue weighted by Gasteiger charge is -2.06. The molecule has 100 valence electrons. The van der Waals surface area contributed by atoms with E-state index < -0.39 is 27.9 Å². The van der Waals surface area contributed by atoms with Crippen molar-refractivity contribution in [2.45, 2.75) is 24.8 Å². The molecule has 0 spiro atoms. The molecule has 0 fully saturated rings. The fourth-order valence-corrected chi connectivity index (χ4v) is 1.90. The third-order valence-electron chi connectivity index (χ3n) is 2.12. The highest BCUT2D eigenvalue weighted by atomic mass is 32.2. The van der Waals surface area contributed by atoms with Gasteiger partial charge in [0.1, 0.15) is 16.7 Å². The Balaban J connectivity index is 2.99. The molecule has 8 nitrogen and oxygen atoms in total. The van der Waals surface area contributed by atoms with Crippen LogP contribution in [0.15, 0.2) is 15.4 Å². The lowest BCUT2D eigenvalue weighted by molar-refractivity contribution is -0.138. The van der Waals surface area contributed by atoms with Crippen LogP contribution in [0.5, 0.6) is 0 Å². The normalized spacial score (nSPS) is 13.1. The van der Waals surface area contributed by atoms with Crippen LogP contribution in [0, 0.1) is 6.92 Å². The predicted octanol–water partition coefficient (Wildman–Crippen LogP) is -0.562. The van der Waals surface area contributed by atoms with Gasteiger partial charge in [-0.2, -0.15) is 0 Å². The number of hydrogen-bond donors (Lipinski definition) is 3. The highest BCUT2D eigenvalue weighted by Crippen LogP contribution is 2.18. The van der Waals surface area contributed by atoms with Gasteiger partial charge in [0, 0.05) is 6.07 Å². The van der Waals surface area contributed by atoms with Gasteiger partial charge in [0.2, 0.25) is 10.0 Å². The standard InChI is InChI=1S/C9H12N2O6S/c1-4(9(13)14)11-8(12)6-3-7(5(2)17-6)18(10,15)16/h3-4H,1-2H3,(H,11,12)(H,13,14)(H2,10,15,16). The van der Waals surface area contributed by atoms with Crippen molar-refractivity contribution in [2.75, 3.05) is 0 Å². The molecule has 1 heterocycles. The average Bonchev–Trinajstić information content (AvgIpc) is 2.59. The van der Waals surface area contributed by atoms with Crippen molar-refractivity contribution in [3.05, 3.63) is 17.6 Å². The molecule has 4 N–H and O–H groups in total. The van der Waals surface area contributed by atoms with Gasteiger partial charge in [-0.05, 0) is 13.8 Å². The Hall–Kier alpha value is -1.87. The number of sulfonamides is 1. The first-order valence-corrected chi connectivity index (χ1v) is 6.34. The topological polar surface area (TPSA) is 140 Å². The number of carboxylic acids is 1. The van der Waals surface area contributed by atoms with Gasteiger partial charge < -0.3 is 14.8 Å². The monoisotopic (exact) mass is 276 g/mol. The van der Waals surface area contributed by atoms with Crippen molar-refractivity contribution < 1.29 is 27.5 Å². The van der Waals surface area contributed by atoms with E-state index in [1.54, 1.807) is 0 Å². The second-order valence-corrected chi connectivity index (χ2v) is 5.14. The van der Waals surface area contributed by atoms with Crippen LogP contribution in [0.4, 0.5) is 0 Å². The summed E-state index contributed by atoms with van der Waals surface area (Å²) in [4.78, 5) is 21.8. The molecule has 0 aromatic carbocycles. The summed E-state index contributed by atoms with van der Waals surface area (Å²) in [6.45, 7) is 2.59. The number of amides is 1. The largest absolute Gasteiger partial charge is 0.480 e. The molecule has 1 rings (SSSR count). The fourth-order valence-electron chi connectivity index (χ4n) is 1.19. The zero-order valence-corrected chi connectivity index (χ0v) is 10.4. The van der Waals surface area contributed by atoms with Crippen LogP contribution in [-0.4, -0.2) is 31.4 Å². The third kappa shape index (κ3) is 3.08. The number of hydrogen-bond acceptors (Lipinski definition) is 5. The summed E-state index contributed by atoms with van der Waals surface area (Å²) >= 11 is 0. The van der Waals surface area contributed by atoms with Gasteiger partial charge in [-0.25, -0.2) is 13.6 Å². The number of nitrogens with two attached hydrogens (primary N) is 1. The summed E-state index contributed by atoms with van der Waals surface area (Å²) in [7, 11) is -3.98. The number of carbonyl (C=O) groups is 2. The van der Waals surface area contributed by atoms with Gasteiger partial charge >= 0.3 is 5.97 Å². The van der Waals surface area contributed by atoms with E-state index in [-0.39, 0.29) is 16.4 Å². The maximum absolute atomic E-state index is 11.5. The molecule has 9 heteroatoms. The van der Waals surface area contributed by atoms with Gasteiger partial charge in [-0.15, -0.1) is 0 Å². The zero-order valence-electron chi connectivity index (χ0n) is 9.63. The Bertz CT molecular complexity index is 588. The van der Waals surface area contributed by atoms with Crippen molar-refractivity contribution >= 4 is 21.9 Å². The van der Waals surface area contributed by atoms with E-state index in [2.05, 4.69) is 5.32 Å². The molecule has 1 atom stereocenters.